The predicted molar refractivity (Wildman–Crippen MR) is 132 cm³/mol. The minimum atomic E-state index is -0.0279. The lowest BCUT2D eigenvalue weighted by Gasteiger charge is -2.09. The molecule has 0 saturated heterocycles. The number of nitrogens with zero attached hydrogens (tertiary/aromatic N) is 2. The standard InChI is InChI=1S/C28H29N3O2/c1-21-11-10-14-23(19-21)28(33)29-18-9-3-6-17-27-30-24-15-7-8-16-25(24)31(27)20-26(32)22-12-4-2-5-13-22/h2,4-5,7-8,10-16,19H,3,6,9,17-18,20H2,1H3,(H,29,33). The second-order valence-corrected chi connectivity index (χ2v) is 8.33. The molecule has 5 heteroatoms. The van der Waals surface area contributed by atoms with Crippen molar-refractivity contribution in [3.05, 3.63) is 101 Å². The molecule has 0 radical (unpaired) electrons. The summed E-state index contributed by atoms with van der Waals surface area (Å²) in [6, 6.07) is 25.0. The van der Waals surface area contributed by atoms with Crippen molar-refractivity contribution in [1.29, 1.82) is 0 Å². The number of fused-ring (bicyclic) bond motifs is 1. The van der Waals surface area contributed by atoms with Crippen molar-refractivity contribution in [1.82, 2.24) is 14.9 Å². The van der Waals surface area contributed by atoms with Gasteiger partial charge in [-0.2, -0.15) is 0 Å². The molecule has 1 N–H and O–H groups in total. The summed E-state index contributed by atoms with van der Waals surface area (Å²) in [7, 11) is 0. The highest BCUT2D eigenvalue weighted by Gasteiger charge is 2.14. The number of nitrogens with one attached hydrogen (secondary N) is 1. The highest BCUT2D eigenvalue weighted by atomic mass is 16.1. The topological polar surface area (TPSA) is 64.0 Å². The SMILES string of the molecule is Cc1cccc(C(=O)NCCCCCc2nc3ccccc3n2CC(=O)c2ccccc2)c1. The van der Waals surface area contributed by atoms with Gasteiger partial charge in [-0.1, -0.05) is 66.6 Å². The van der Waals surface area contributed by atoms with Crippen LogP contribution >= 0.6 is 0 Å². The minimum absolute atomic E-state index is 0.0279. The summed E-state index contributed by atoms with van der Waals surface area (Å²) in [5.74, 6) is 0.989. The summed E-state index contributed by atoms with van der Waals surface area (Å²) in [4.78, 5) is 29.9. The van der Waals surface area contributed by atoms with E-state index in [1.54, 1.807) is 0 Å². The molecule has 1 amide bonds. The summed E-state index contributed by atoms with van der Waals surface area (Å²) in [5, 5.41) is 3.00. The van der Waals surface area contributed by atoms with Gasteiger partial charge in [0.25, 0.3) is 5.91 Å². The molecule has 0 atom stereocenters. The van der Waals surface area contributed by atoms with E-state index in [1.807, 2.05) is 90.4 Å². The third-order valence-corrected chi connectivity index (χ3v) is 5.77. The summed E-state index contributed by atoms with van der Waals surface area (Å²) < 4.78 is 2.05. The third kappa shape index (κ3) is 5.75. The van der Waals surface area contributed by atoms with Crippen LogP contribution in [-0.2, 0) is 13.0 Å². The zero-order valence-corrected chi connectivity index (χ0v) is 19.0. The van der Waals surface area contributed by atoms with Gasteiger partial charge in [0.2, 0.25) is 0 Å². The Hall–Kier alpha value is -3.73. The van der Waals surface area contributed by atoms with E-state index in [9.17, 15) is 9.59 Å². The van der Waals surface area contributed by atoms with Gasteiger partial charge in [-0.15, -0.1) is 0 Å². The van der Waals surface area contributed by atoms with Crippen molar-refractivity contribution in [2.24, 2.45) is 0 Å². The number of Topliss-reactive ketones (excluding diaryl/α,β-unsaturated/α-hetero) is 1. The molecule has 4 aromatic rings. The van der Waals surface area contributed by atoms with E-state index >= 15 is 0 Å². The Kier molecular flexibility index (Phi) is 7.30. The Morgan fingerprint density at radius 1 is 0.848 bits per heavy atom. The molecule has 1 heterocycles. The minimum Gasteiger partial charge on any atom is -0.352 e. The summed E-state index contributed by atoms with van der Waals surface area (Å²) in [5.41, 5.74) is 4.40. The van der Waals surface area contributed by atoms with Gasteiger partial charge in [-0.3, -0.25) is 9.59 Å². The first-order chi connectivity index (χ1) is 16.1. The van der Waals surface area contributed by atoms with Gasteiger partial charge in [0, 0.05) is 24.1 Å². The Morgan fingerprint density at radius 3 is 2.42 bits per heavy atom. The van der Waals surface area contributed by atoms with Crippen molar-refractivity contribution in [2.75, 3.05) is 6.54 Å². The number of amides is 1. The number of aryl methyl sites for hydroxylation is 2. The molecule has 0 fully saturated rings. The van der Waals surface area contributed by atoms with Crippen molar-refractivity contribution < 1.29 is 9.59 Å². The Labute approximate surface area is 194 Å². The van der Waals surface area contributed by atoms with Crippen LogP contribution in [0.25, 0.3) is 11.0 Å². The quantitative estimate of drug-likeness (QED) is 0.267. The lowest BCUT2D eigenvalue weighted by atomic mass is 10.1. The number of carbonyl (C=O) groups excluding carboxylic acids is 2. The zero-order chi connectivity index (χ0) is 23.0. The van der Waals surface area contributed by atoms with E-state index in [2.05, 4.69) is 5.32 Å². The number of hydrogen-bond donors (Lipinski definition) is 1. The van der Waals surface area contributed by atoms with Crippen LogP contribution in [0.4, 0.5) is 0 Å². The van der Waals surface area contributed by atoms with Crippen molar-refractivity contribution in [3.63, 3.8) is 0 Å². The first kappa shape index (κ1) is 22.5. The van der Waals surface area contributed by atoms with E-state index < -0.39 is 0 Å². The normalized spacial score (nSPS) is 10.9. The maximum Gasteiger partial charge on any atom is 0.251 e. The molecular formula is C28H29N3O2. The molecule has 4 rings (SSSR count). The van der Waals surface area contributed by atoms with Gasteiger partial charge in [-0.05, 0) is 44.0 Å². The highest BCUT2D eigenvalue weighted by Crippen LogP contribution is 2.19. The van der Waals surface area contributed by atoms with Crippen LogP contribution in [0, 0.1) is 6.92 Å². The van der Waals surface area contributed by atoms with Gasteiger partial charge < -0.3 is 9.88 Å². The number of imidazole rings is 1. The largest absolute Gasteiger partial charge is 0.352 e. The number of benzene rings is 3. The monoisotopic (exact) mass is 439 g/mol. The first-order valence-electron chi connectivity index (χ1n) is 11.5. The number of para-hydroxylation sites is 2. The molecule has 5 nitrogen and oxygen atoms in total. The number of ketones is 1. The highest BCUT2D eigenvalue weighted by molar-refractivity contribution is 5.96. The molecule has 0 aliphatic heterocycles. The summed E-state index contributed by atoms with van der Waals surface area (Å²) in [6.45, 7) is 2.92. The van der Waals surface area contributed by atoms with Crippen LogP contribution in [0.2, 0.25) is 0 Å². The van der Waals surface area contributed by atoms with Gasteiger partial charge >= 0.3 is 0 Å². The fourth-order valence-corrected chi connectivity index (χ4v) is 4.03. The number of hydrogen-bond acceptors (Lipinski definition) is 3. The van der Waals surface area contributed by atoms with Gasteiger partial charge in [-0.25, -0.2) is 4.98 Å². The fourth-order valence-electron chi connectivity index (χ4n) is 4.03. The van der Waals surface area contributed by atoms with E-state index in [0.717, 1.165) is 48.1 Å². The molecule has 0 unspecified atom stereocenters. The van der Waals surface area contributed by atoms with Gasteiger partial charge in [0.1, 0.15) is 5.82 Å². The second-order valence-electron chi connectivity index (χ2n) is 8.33. The van der Waals surface area contributed by atoms with Crippen molar-refractivity contribution >= 4 is 22.7 Å². The summed E-state index contributed by atoms with van der Waals surface area (Å²) in [6.07, 6.45) is 3.62. The van der Waals surface area contributed by atoms with E-state index in [4.69, 9.17) is 4.98 Å². The first-order valence-corrected chi connectivity index (χ1v) is 11.5. The molecular weight excluding hydrogens is 410 g/mol. The van der Waals surface area contributed by atoms with Crippen LogP contribution in [-0.4, -0.2) is 27.8 Å². The fraction of sp³-hybridized carbons (Fsp3) is 0.250. The molecule has 33 heavy (non-hydrogen) atoms. The lowest BCUT2D eigenvalue weighted by molar-refractivity contribution is 0.0950. The molecule has 3 aromatic carbocycles. The molecule has 0 bridgehead atoms. The second kappa shape index (κ2) is 10.7. The average Bonchev–Trinajstić information content (AvgIpc) is 3.18. The Morgan fingerprint density at radius 2 is 1.61 bits per heavy atom. The average molecular weight is 440 g/mol. The van der Waals surface area contributed by atoms with Gasteiger partial charge in [0.15, 0.2) is 5.78 Å². The lowest BCUT2D eigenvalue weighted by Crippen LogP contribution is -2.24. The van der Waals surface area contributed by atoms with E-state index in [0.29, 0.717) is 17.7 Å². The Bertz CT molecular complexity index is 1240. The number of rotatable bonds is 10. The third-order valence-electron chi connectivity index (χ3n) is 5.77. The van der Waals surface area contributed by atoms with Crippen LogP contribution in [0.1, 0.15) is 51.4 Å². The predicted octanol–water partition coefficient (Wildman–Crippen LogP) is 5.37. The maximum absolute atomic E-state index is 12.8. The van der Waals surface area contributed by atoms with Crippen LogP contribution in [0.3, 0.4) is 0 Å². The van der Waals surface area contributed by atoms with E-state index in [1.165, 1.54) is 0 Å². The number of aromatic nitrogens is 2. The maximum atomic E-state index is 12.8. The molecule has 1 aromatic heterocycles. The molecule has 0 aliphatic rings. The molecule has 0 spiro atoms. The summed E-state index contributed by atoms with van der Waals surface area (Å²) >= 11 is 0. The van der Waals surface area contributed by atoms with Crippen molar-refractivity contribution in [2.45, 2.75) is 39.2 Å². The van der Waals surface area contributed by atoms with Gasteiger partial charge in [0.05, 0.1) is 17.6 Å². The van der Waals surface area contributed by atoms with Crippen LogP contribution in [0.15, 0.2) is 78.9 Å². The smallest absolute Gasteiger partial charge is 0.251 e. The van der Waals surface area contributed by atoms with E-state index in [-0.39, 0.29) is 18.2 Å². The molecule has 0 saturated carbocycles. The Balaban J connectivity index is 1.32. The van der Waals surface area contributed by atoms with Crippen LogP contribution < -0.4 is 5.32 Å². The number of unbranched alkanes of at least 4 members (excludes halogenated alkanes) is 2. The molecule has 0 aliphatic carbocycles. The van der Waals surface area contributed by atoms with Crippen LogP contribution in [0.5, 0.6) is 0 Å². The van der Waals surface area contributed by atoms with Crippen molar-refractivity contribution in [3.8, 4) is 0 Å². The zero-order valence-electron chi connectivity index (χ0n) is 19.0. The molecule has 168 valence electrons. The number of carbonyl (C=O) groups is 2.